The fraction of sp³-hybridized carbons (Fsp3) is 0.846. The zero-order valence-electron chi connectivity index (χ0n) is 28.8. The molecule has 0 amide bonds. The SMILES string of the molecule is CCCCC/C=C\C/C=C\C(CCCCCCCCC(=O)O)OC(=O)CCCCCCCCCCCCCCCCCC. The molecule has 4 nitrogen and oxygen atoms in total. The first-order valence-corrected chi connectivity index (χ1v) is 18.8. The summed E-state index contributed by atoms with van der Waals surface area (Å²) in [7, 11) is 0. The lowest BCUT2D eigenvalue weighted by atomic mass is 10.0. The number of carboxylic acid groups (broad SMARTS) is 1. The molecule has 1 unspecified atom stereocenters. The highest BCUT2D eigenvalue weighted by atomic mass is 16.5. The Morgan fingerprint density at radius 2 is 0.977 bits per heavy atom. The smallest absolute Gasteiger partial charge is 0.306 e. The van der Waals surface area contributed by atoms with E-state index < -0.39 is 5.97 Å². The average Bonchev–Trinajstić information content (AvgIpc) is 2.99. The van der Waals surface area contributed by atoms with Crippen LogP contribution in [0.3, 0.4) is 0 Å². The maximum Gasteiger partial charge on any atom is 0.306 e. The summed E-state index contributed by atoms with van der Waals surface area (Å²) in [5, 5.41) is 8.76. The summed E-state index contributed by atoms with van der Waals surface area (Å²) in [5.74, 6) is -0.754. The summed E-state index contributed by atoms with van der Waals surface area (Å²) in [6, 6.07) is 0. The van der Waals surface area contributed by atoms with Crippen molar-refractivity contribution < 1.29 is 19.4 Å². The summed E-state index contributed by atoms with van der Waals surface area (Å²) >= 11 is 0. The van der Waals surface area contributed by atoms with Crippen LogP contribution < -0.4 is 0 Å². The van der Waals surface area contributed by atoms with Crippen LogP contribution in [0.15, 0.2) is 24.3 Å². The Morgan fingerprint density at radius 3 is 1.49 bits per heavy atom. The highest BCUT2D eigenvalue weighted by Gasteiger charge is 2.11. The molecule has 1 N–H and O–H groups in total. The van der Waals surface area contributed by atoms with Crippen LogP contribution in [0, 0.1) is 0 Å². The monoisotopic (exact) mass is 605 g/mol. The fourth-order valence-corrected chi connectivity index (χ4v) is 5.60. The quantitative estimate of drug-likeness (QED) is 0.0451. The lowest BCUT2D eigenvalue weighted by molar-refractivity contribution is -0.147. The number of carboxylic acids is 1. The Hall–Kier alpha value is -1.58. The van der Waals surface area contributed by atoms with Crippen molar-refractivity contribution in [1.82, 2.24) is 0 Å². The molecule has 0 aromatic heterocycles. The molecule has 0 heterocycles. The summed E-state index contributed by atoms with van der Waals surface area (Å²) in [6.07, 6.45) is 43.5. The molecule has 0 fully saturated rings. The van der Waals surface area contributed by atoms with E-state index in [-0.39, 0.29) is 18.5 Å². The van der Waals surface area contributed by atoms with E-state index in [1.807, 2.05) is 0 Å². The van der Waals surface area contributed by atoms with Gasteiger partial charge in [0.15, 0.2) is 0 Å². The van der Waals surface area contributed by atoms with Gasteiger partial charge >= 0.3 is 11.9 Å². The molecule has 0 saturated heterocycles. The molecule has 0 spiro atoms. The summed E-state index contributed by atoms with van der Waals surface area (Å²) in [4.78, 5) is 23.2. The summed E-state index contributed by atoms with van der Waals surface area (Å²) in [6.45, 7) is 4.51. The normalized spacial score (nSPS) is 12.4. The molecule has 0 aromatic rings. The van der Waals surface area contributed by atoms with Crippen LogP contribution in [0.25, 0.3) is 0 Å². The maximum absolute atomic E-state index is 12.6. The van der Waals surface area contributed by atoms with Gasteiger partial charge in [-0.3, -0.25) is 9.59 Å². The van der Waals surface area contributed by atoms with E-state index >= 15 is 0 Å². The van der Waals surface area contributed by atoms with Gasteiger partial charge in [-0.2, -0.15) is 0 Å². The third-order valence-electron chi connectivity index (χ3n) is 8.41. The van der Waals surface area contributed by atoms with Gasteiger partial charge in [0.1, 0.15) is 6.10 Å². The summed E-state index contributed by atoms with van der Waals surface area (Å²) < 4.78 is 5.89. The minimum Gasteiger partial charge on any atom is -0.481 e. The standard InChI is InChI=1S/C39H72O4/c1-3-5-7-9-11-13-14-15-16-17-18-19-20-22-28-32-36-39(42)43-37(33-29-25-21-12-10-8-6-4-2)34-30-26-23-24-27-31-35-38(40)41/h12,21,29,33,37H,3-11,13-20,22-28,30-32,34-36H2,1-2H3,(H,40,41)/b21-12-,33-29-. The second-order valence-corrected chi connectivity index (χ2v) is 12.8. The minimum atomic E-state index is -0.702. The number of hydrogen-bond donors (Lipinski definition) is 1. The van der Waals surface area contributed by atoms with Gasteiger partial charge < -0.3 is 9.84 Å². The van der Waals surface area contributed by atoms with E-state index in [9.17, 15) is 9.59 Å². The second-order valence-electron chi connectivity index (χ2n) is 12.8. The van der Waals surface area contributed by atoms with Crippen LogP contribution in [-0.4, -0.2) is 23.1 Å². The minimum absolute atomic E-state index is 0.0520. The molecular weight excluding hydrogens is 532 g/mol. The number of esters is 1. The van der Waals surface area contributed by atoms with Crippen molar-refractivity contribution in [2.45, 2.75) is 213 Å². The van der Waals surface area contributed by atoms with Crippen molar-refractivity contribution in [3.63, 3.8) is 0 Å². The Kier molecular flexibility index (Phi) is 33.6. The predicted molar refractivity (Wildman–Crippen MR) is 186 cm³/mol. The van der Waals surface area contributed by atoms with Crippen LogP contribution in [0.1, 0.15) is 206 Å². The highest BCUT2D eigenvalue weighted by molar-refractivity contribution is 5.69. The third-order valence-corrected chi connectivity index (χ3v) is 8.41. The molecule has 0 bridgehead atoms. The average molecular weight is 605 g/mol. The van der Waals surface area contributed by atoms with Gasteiger partial charge in [0.25, 0.3) is 0 Å². The number of unbranched alkanes of at least 4 members (excludes halogenated alkanes) is 23. The topological polar surface area (TPSA) is 63.6 Å². The van der Waals surface area contributed by atoms with E-state index in [1.165, 1.54) is 109 Å². The van der Waals surface area contributed by atoms with Gasteiger partial charge in [-0.1, -0.05) is 167 Å². The predicted octanol–water partition coefficient (Wildman–Crippen LogP) is 12.8. The molecule has 0 radical (unpaired) electrons. The van der Waals surface area contributed by atoms with E-state index in [4.69, 9.17) is 9.84 Å². The van der Waals surface area contributed by atoms with Crippen LogP contribution >= 0.6 is 0 Å². The molecule has 0 aliphatic heterocycles. The molecule has 0 aromatic carbocycles. The molecule has 1 atom stereocenters. The third kappa shape index (κ3) is 34.8. The van der Waals surface area contributed by atoms with Gasteiger partial charge in [-0.05, 0) is 51.0 Å². The maximum atomic E-state index is 12.6. The molecule has 0 saturated carbocycles. The number of allylic oxidation sites excluding steroid dienone is 3. The Labute approximate surface area is 267 Å². The van der Waals surface area contributed by atoms with E-state index in [0.717, 1.165) is 70.6 Å². The lowest BCUT2D eigenvalue weighted by Gasteiger charge is -2.14. The van der Waals surface area contributed by atoms with Gasteiger partial charge in [-0.25, -0.2) is 0 Å². The zero-order valence-corrected chi connectivity index (χ0v) is 28.8. The number of ether oxygens (including phenoxy) is 1. The van der Waals surface area contributed by atoms with E-state index in [1.54, 1.807) is 0 Å². The number of carbonyl (C=O) groups excluding carboxylic acids is 1. The number of carbonyl (C=O) groups is 2. The van der Waals surface area contributed by atoms with Gasteiger partial charge in [0.05, 0.1) is 0 Å². The van der Waals surface area contributed by atoms with Crippen molar-refractivity contribution in [2.24, 2.45) is 0 Å². The van der Waals surface area contributed by atoms with Crippen LogP contribution in [0.4, 0.5) is 0 Å². The Bertz CT molecular complexity index is 654. The molecule has 0 rings (SSSR count). The zero-order chi connectivity index (χ0) is 31.5. The highest BCUT2D eigenvalue weighted by Crippen LogP contribution is 2.16. The largest absolute Gasteiger partial charge is 0.481 e. The number of hydrogen-bond acceptors (Lipinski definition) is 3. The van der Waals surface area contributed by atoms with Crippen molar-refractivity contribution in [3.8, 4) is 0 Å². The van der Waals surface area contributed by atoms with Crippen molar-refractivity contribution in [1.29, 1.82) is 0 Å². The van der Waals surface area contributed by atoms with Gasteiger partial charge in [0, 0.05) is 12.8 Å². The van der Waals surface area contributed by atoms with Crippen LogP contribution in [0.2, 0.25) is 0 Å². The number of aliphatic carboxylic acids is 1. The Morgan fingerprint density at radius 1 is 0.535 bits per heavy atom. The van der Waals surface area contributed by atoms with Gasteiger partial charge in [0.2, 0.25) is 0 Å². The first-order valence-electron chi connectivity index (χ1n) is 18.8. The molecule has 252 valence electrons. The van der Waals surface area contributed by atoms with Crippen LogP contribution in [0.5, 0.6) is 0 Å². The Balaban J connectivity index is 4.01. The first-order chi connectivity index (χ1) is 21.1. The van der Waals surface area contributed by atoms with E-state index in [2.05, 4.69) is 38.2 Å². The fourth-order valence-electron chi connectivity index (χ4n) is 5.60. The first kappa shape index (κ1) is 41.4. The second kappa shape index (κ2) is 34.9. The molecule has 0 aliphatic rings. The number of rotatable bonds is 34. The summed E-state index contributed by atoms with van der Waals surface area (Å²) in [5.41, 5.74) is 0. The van der Waals surface area contributed by atoms with Crippen molar-refractivity contribution in [2.75, 3.05) is 0 Å². The lowest BCUT2D eigenvalue weighted by Crippen LogP contribution is -2.16. The van der Waals surface area contributed by atoms with Crippen molar-refractivity contribution >= 4 is 11.9 Å². The molecule has 43 heavy (non-hydrogen) atoms. The van der Waals surface area contributed by atoms with Crippen LogP contribution in [-0.2, 0) is 14.3 Å². The molecule has 4 heteroatoms. The molecule has 0 aliphatic carbocycles. The molecular formula is C39H72O4. The van der Waals surface area contributed by atoms with Gasteiger partial charge in [-0.15, -0.1) is 0 Å². The van der Waals surface area contributed by atoms with Crippen molar-refractivity contribution in [3.05, 3.63) is 24.3 Å². The van der Waals surface area contributed by atoms with E-state index in [0.29, 0.717) is 6.42 Å².